The lowest BCUT2D eigenvalue weighted by Gasteiger charge is -2.04. The molecule has 3 heteroatoms. The first-order valence-electron chi connectivity index (χ1n) is 9.12. The number of nitrogens with zero attached hydrogens (tertiary/aromatic N) is 2. The van der Waals surface area contributed by atoms with Gasteiger partial charge < -0.3 is 4.52 Å². The van der Waals surface area contributed by atoms with Crippen LogP contribution in [-0.4, -0.2) is 10.1 Å². The fraction of sp³-hybridized carbons (Fsp3) is 0.217. The van der Waals surface area contributed by atoms with Crippen LogP contribution in [0, 0.1) is 6.92 Å². The number of hydrogen-bond acceptors (Lipinski definition) is 3. The van der Waals surface area contributed by atoms with E-state index >= 15 is 0 Å². The fourth-order valence-corrected chi connectivity index (χ4v) is 3.23. The Morgan fingerprint density at radius 1 is 0.885 bits per heavy atom. The highest BCUT2D eigenvalue weighted by molar-refractivity contribution is 5.85. The van der Waals surface area contributed by atoms with Crippen LogP contribution in [0.2, 0.25) is 0 Å². The lowest BCUT2D eigenvalue weighted by Crippen LogP contribution is -1.96. The SMILES string of the molecule is CCc1ccnc(CCc2noc3ccc(-c4ccc(C)cc4)cc23)c1. The second-order valence-electron chi connectivity index (χ2n) is 6.72. The number of hydrogen-bond donors (Lipinski definition) is 0. The van der Waals surface area contributed by atoms with Crippen molar-refractivity contribution in [2.45, 2.75) is 33.1 Å². The predicted molar refractivity (Wildman–Crippen MR) is 105 cm³/mol. The van der Waals surface area contributed by atoms with Crippen LogP contribution in [0.1, 0.15) is 29.4 Å². The van der Waals surface area contributed by atoms with Gasteiger partial charge in [-0.25, -0.2) is 0 Å². The van der Waals surface area contributed by atoms with Crippen molar-refractivity contribution in [3.63, 3.8) is 0 Å². The van der Waals surface area contributed by atoms with Gasteiger partial charge in [0.1, 0.15) is 0 Å². The van der Waals surface area contributed by atoms with E-state index in [-0.39, 0.29) is 0 Å². The van der Waals surface area contributed by atoms with Gasteiger partial charge in [-0.3, -0.25) is 4.98 Å². The van der Waals surface area contributed by atoms with Crippen LogP contribution < -0.4 is 0 Å². The minimum Gasteiger partial charge on any atom is -0.356 e. The Hall–Kier alpha value is -2.94. The zero-order valence-corrected chi connectivity index (χ0v) is 15.2. The van der Waals surface area contributed by atoms with Gasteiger partial charge in [0.2, 0.25) is 0 Å². The first-order chi connectivity index (χ1) is 12.7. The Morgan fingerprint density at radius 3 is 2.50 bits per heavy atom. The monoisotopic (exact) mass is 342 g/mol. The second kappa shape index (κ2) is 7.12. The largest absolute Gasteiger partial charge is 0.356 e. The molecule has 4 aromatic rings. The Labute approximate surface area is 153 Å². The van der Waals surface area contributed by atoms with Crippen molar-refractivity contribution in [3.8, 4) is 11.1 Å². The number of rotatable bonds is 5. The normalized spacial score (nSPS) is 11.2. The molecule has 4 rings (SSSR count). The van der Waals surface area contributed by atoms with E-state index < -0.39 is 0 Å². The maximum Gasteiger partial charge on any atom is 0.167 e. The Morgan fingerprint density at radius 2 is 1.69 bits per heavy atom. The molecular weight excluding hydrogens is 320 g/mol. The molecule has 130 valence electrons. The molecule has 0 saturated carbocycles. The van der Waals surface area contributed by atoms with Gasteiger partial charge in [-0.15, -0.1) is 0 Å². The number of aryl methyl sites for hydroxylation is 4. The van der Waals surface area contributed by atoms with Crippen LogP contribution in [0.4, 0.5) is 0 Å². The predicted octanol–water partition coefficient (Wildman–Crippen LogP) is 5.55. The molecule has 0 aliphatic rings. The lowest BCUT2D eigenvalue weighted by atomic mass is 10.0. The first-order valence-corrected chi connectivity index (χ1v) is 9.12. The lowest BCUT2D eigenvalue weighted by molar-refractivity contribution is 0.445. The number of fused-ring (bicyclic) bond motifs is 1. The Kier molecular flexibility index (Phi) is 4.53. The Balaban J connectivity index is 1.61. The van der Waals surface area contributed by atoms with Crippen molar-refractivity contribution in [1.82, 2.24) is 10.1 Å². The third-order valence-electron chi connectivity index (χ3n) is 4.84. The smallest absolute Gasteiger partial charge is 0.167 e. The zero-order valence-electron chi connectivity index (χ0n) is 15.2. The van der Waals surface area contributed by atoms with Gasteiger partial charge >= 0.3 is 0 Å². The maximum absolute atomic E-state index is 5.52. The summed E-state index contributed by atoms with van der Waals surface area (Å²) in [7, 11) is 0. The van der Waals surface area contributed by atoms with Crippen LogP contribution in [0.25, 0.3) is 22.1 Å². The highest BCUT2D eigenvalue weighted by Crippen LogP contribution is 2.27. The summed E-state index contributed by atoms with van der Waals surface area (Å²) in [4.78, 5) is 4.48. The molecule has 3 nitrogen and oxygen atoms in total. The van der Waals surface area contributed by atoms with E-state index in [0.717, 1.165) is 41.6 Å². The molecule has 0 atom stereocenters. The van der Waals surface area contributed by atoms with E-state index in [2.05, 4.69) is 72.5 Å². The molecule has 26 heavy (non-hydrogen) atoms. The molecule has 0 radical (unpaired) electrons. The van der Waals surface area contributed by atoms with E-state index in [1.54, 1.807) is 0 Å². The minimum absolute atomic E-state index is 0.824. The summed E-state index contributed by atoms with van der Waals surface area (Å²) in [6.07, 6.45) is 4.61. The Bertz CT molecular complexity index is 1030. The van der Waals surface area contributed by atoms with Crippen molar-refractivity contribution in [2.24, 2.45) is 0 Å². The van der Waals surface area contributed by atoms with Crippen LogP contribution in [0.15, 0.2) is 65.3 Å². The van der Waals surface area contributed by atoms with Gasteiger partial charge in [-0.1, -0.05) is 48.0 Å². The average Bonchev–Trinajstić information content (AvgIpc) is 3.09. The van der Waals surface area contributed by atoms with Gasteiger partial charge in [-0.05, 0) is 67.1 Å². The molecule has 2 aromatic carbocycles. The molecule has 0 bridgehead atoms. The van der Waals surface area contributed by atoms with Crippen molar-refractivity contribution in [2.75, 3.05) is 0 Å². The summed E-state index contributed by atoms with van der Waals surface area (Å²) in [5, 5.41) is 5.39. The molecule has 0 spiro atoms. The quantitative estimate of drug-likeness (QED) is 0.477. The third kappa shape index (κ3) is 3.38. The fourth-order valence-electron chi connectivity index (χ4n) is 3.23. The molecule has 0 aliphatic heterocycles. The minimum atomic E-state index is 0.824. The molecule has 0 amide bonds. The van der Waals surface area contributed by atoms with E-state index in [9.17, 15) is 0 Å². The van der Waals surface area contributed by atoms with E-state index in [4.69, 9.17) is 4.52 Å². The van der Waals surface area contributed by atoms with Crippen LogP contribution >= 0.6 is 0 Å². The van der Waals surface area contributed by atoms with E-state index in [1.807, 2.05) is 12.3 Å². The second-order valence-corrected chi connectivity index (χ2v) is 6.72. The van der Waals surface area contributed by atoms with E-state index in [1.165, 1.54) is 22.3 Å². The van der Waals surface area contributed by atoms with Crippen molar-refractivity contribution in [1.29, 1.82) is 0 Å². The average molecular weight is 342 g/mol. The molecule has 2 aromatic heterocycles. The number of benzene rings is 2. The highest BCUT2D eigenvalue weighted by Gasteiger charge is 2.10. The zero-order chi connectivity index (χ0) is 17.9. The van der Waals surface area contributed by atoms with Crippen LogP contribution in [-0.2, 0) is 19.3 Å². The molecule has 0 aliphatic carbocycles. The summed E-state index contributed by atoms with van der Waals surface area (Å²) >= 11 is 0. The highest BCUT2D eigenvalue weighted by atomic mass is 16.5. The number of pyridine rings is 1. The van der Waals surface area contributed by atoms with Crippen molar-refractivity contribution < 1.29 is 4.52 Å². The molecule has 0 unspecified atom stereocenters. The molecular formula is C23H22N2O. The summed E-state index contributed by atoms with van der Waals surface area (Å²) in [5.41, 5.74) is 7.93. The third-order valence-corrected chi connectivity index (χ3v) is 4.84. The van der Waals surface area contributed by atoms with E-state index in [0.29, 0.717) is 0 Å². The summed E-state index contributed by atoms with van der Waals surface area (Å²) in [6.45, 7) is 4.27. The van der Waals surface area contributed by atoms with Crippen molar-refractivity contribution >= 4 is 11.0 Å². The van der Waals surface area contributed by atoms with Crippen LogP contribution in [0.5, 0.6) is 0 Å². The standard InChI is InChI=1S/C23H22N2O/c1-3-17-12-13-24-20(14-17)9-10-22-21-15-19(8-11-23(21)26-25-22)18-6-4-16(2)5-7-18/h4-8,11-15H,3,9-10H2,1-2H3. The number of aromatic nitrogens is 2. The topological polar surface area (TPSA) is 38.9 Å². The summed E-state index contributed by atoms with van der Waals surface area (Å²) in [5.74, 6) is 0. The van der Waals surface area contributed by atoms with Crippen LogP contribution in [0.3, 0.4) is 0 Å². The van der Waals surface area contributed by atoms with Gasteiger partial charge in [0.15, 0.2) is 5.58 Å². The van der Waals surface area contributed by atoms with Gasteiger partial charge in [0.25, 0.3) is 0 Å². The molecule has 2 heterocycles. The van der Waals surface area contributed by atoms with Gasteiger partial charge in [0.05, 0.1) is 5.69 Å². The molecule has 0 N–H and O–H groups in total. The molecule has 0 fully saturated rings. The summed E-state index contributed by atoms with van der Waals surface area (Å²) < 4.78 is 5.52. The first kappa shape index (κ1) is 16.5. The molecule has 0 saturated heterocycles. The van der Waals surface area contributed by atoms with Gasteiger partial charge in [0, 0.05) is 17.3 Å². The maximum atomic E-state index is 5.52. The van der Waals surface area contributed by atoms with Crippen molar-refractivity contribution in [3.05, 3.63) is 83.3 Å². The summed E-state index contributed by atoms with van der Waals surface area (Å²) in [6, 6.07) is 19.1. The van der Waals surface area contributed by atoms with Gasteiger partial charge in [-0.2, -0.15) is 0 Å².